The molecule has 0 saturated heterocycles. The third-order valence-electron chi connectivity index (χ3n) is 1.32. The van der Waals surface area contributed by atoms with Crippen molar-refractivity contribution < 1.29 is 15.0 Å². The van der Waals surface area contributed by atoms with E-state index >= 15 is 0 Å². The van der Waals surface area contributed by atoms with E-state index in [0.29, 0.717) is 0 Å². The van der Waals surface area contributed by atoms with Gasteiger partial charge in [-0.05, 0) is 17.5 Å². The lowest BCUT2D eigenvalue weighted by molar-refractivity contribution is -0.138. The summed E-state index contributed by atoms with van der Waals surface area (Å²) in [6.45, 7) is -0.409. The molecule has 1 atom stereocenters. The van der Waals surface area contributed by atoms with Crippen molar-refractivity contribution in [3.05, 3.63) is 17.5 Å². The molecule has 5 heteroatoms. The van der Waals surface area contributed by atoms with Crippen LogP contribution in [0.2, 0.25) is 0 Å². The van der Waals surface area contributed by atoms with E-state index in [9.17, 15) is 4.79 Å². The number of aliphatic carboxylic acids is 1. The molecule has 1 heterocycles. The average molecular weight is 187 g/mol. The summed E-state index contributed by atoms with van der Waals surface area (Å²) in [6.07, 6.45) is 0. The fourth-order valence-corrected chi connectivity index (χ4v) is 1.39. The predicted molar refractivity (Wildman–Crippen MR) is 46.5 cm³/mol. The Morgan fingerprint density at radius 2 is 2.50 bits per heavy atom. The van der Waals surface area contributed by atoms with Gasteiger partial charge in [-0.25, -0.2) is 4.79 Å². The van der Waals surface area contributed by atoms with Crippen LogP contribution in [0.15, 0.2) is 17.5 Å². The van der Waals surface area contributed by atoms with Gasteiger partial charge in [-0.15, -0.1) is 11.3 Å². The molecule has 0 aromatic carbocycles. The van der Waals surface area contributed by atoms with Crippen molar-refractivity contribution in [3.63, 3.8) is 0 Å². The number of carboxylic acid groups (broad SMARTS) is 1. The van der Waals surface area contributed by atoms with Gasteiger partial charge in [0, 0.05) is 0 Å². The van der Waals surface area contributed by atoms with Crippen molar-refractivity contribution in [3.8, 4) is 0 Å². The van der Waals surface area contributed by atoms with Crippen LogP contribution in [0, 0.1) is 0 Å². The van der Waals surface area contributed by atoms with Gasteiger partial charge in [0.05, 0.1) is 11.6 Å². The normalized spacial score (nSPS) is 12.4. The molecular weight excluding hydrogens is 178 g/mol. The van der Waals surface area contributed by atoms with Gasteiger partial charge in [0.15, 0.2) is 0 Å². The Morgan fingerprint density at radius 1 is 1.75 bits per heavy atom. The monoisotopic (exact) mass is 187 g/mol. The third kappa shape index (κ3) is 2.21. The molecule has 4 nitrogen and oxygen atoms in total. The molecule has 0 aliphatic carbocycles. The molecule has 0 aliphatic rings. The number of nitrogens with one attached hydrogen (secondary N) is 1. The highest BCUT2D eigenvalue weighted by Gasteiger charge is 2.15. The van der Waals surface area contributed by atoms with Crippen molar-refractivity contribution in [2.75, 3.05) is 11.9 Å². The summed E-state index contributed by atoms with van der Waals surface area (Å²) in [6, 6.07) is 2.66. The second kappa shape index (κ2) is 4.08. The molecule has 1 aromatic rings. The summed E-state index contributed by atoms with van der Waals surface area (Å²) >= 11 is 1.40. The van der Waals surface area contributed by atoms with Crippen molar-refractivity contribution >= 4 is 22.3 Å². The van der Waals surface area contributed by atoms with E-state index in [0.717, 1.165) is 5.00 Å². The first-order valence-corrected chi connectivity index (χ1v) is 4.25. The molecule has 0 fully saturated rings. The molecule has 66 valence electrons. The lowest BCUT2D eigenvalue weighted by Crippen LogP contribution is -2.32. The minimum atomic E-state index is -1.05. The number of rotatable bonds is 4. The van der Waals surface area contributed by atoms with Gasteiger partial charge in [-0.2, -0.15) is 0 Å². The topological polar surface area (TPSA) is 69.6 Å². The Kier molecular flexibility index (Phi) is 3.07. The van der Waals surface area contributed by atoms with E-state index < -0.39 is 18.6 Å². The van der Waals surface area contributed by atoms with E-state index in [4.69, 9.17) is 10.2 Å². The molecule has 0 spiro atoms. The van der Waals surface area contributed by atoms with Crippen LogP contribution in [0.3, 0.4) is 0 Å². The lowest BCUT2D eigenvalue weighted by Gasteiger charge is -2.10. The SMILES string of the molecule is O=C(O)C(CO)Nc1cccs1. The van der Waals surface area contributed by atoms with Crippen LogP contribution >= 0.6 is 11.3 Å². The van der Waals surface area contributed by atoms with Crippen LogP contribution in [-0.4, -0.2) is 28.8 Å². The third-order valence-corrected chi connectivity index (χ3v) is 2.12. The summed E-state index contributed by atoms with van der Waals surface area (Å²) < 4.78 is 0. The highest BCUT2D eigenvalue weighted by Crippen LogP contribution is 2.15. The number of carboxylic acids is 1. The van der Waals surface area contributed by atoms with Gasteiger partial charge in [-0.3, -0.25) is 0 Å². The Labute approximate surface area is 73.5 Å². The van der Waals surface area contributed by atoms with E-state index in [-0.39, 0.29) is 0 Å². The Balaban J connectivity index is 2.54. The van der Waals surface area contributed by atoms with Crippen molar-refractivity contribution in [2.45, 2.75) is 6.04 Å². The molecule has 1 aromatic heterocycles. The first-order chi connectivity index (χ1) is 5.74. The maximum atomic E-state index is 10.4. The number of thiophene rings is 1. The number of anilines is 1. The molecule has 0 radical (unpaired) electrons. The highest BCUT2D eigenvalue weighted by atomic mass is 32.1. The molecule has 0 saturated carbocycles. The quantitative estimate of drug-likeness (QED) is 0.645. The number of aliphatic hydroxyl groups is 1. The zero-order valence-corrected chi connectivity index (χ0v) is 7.04. The first-order valence-electron chi connectivity index (χ1n) is 3.37. The van der Waals surface area contributed by atoms with Crippen LogP contribution in [0.5, 0.6) is 0 Å². The Bertz CT molecular complexity index is 247. The van der Waals surface area contributed by atoms with Crippen LogP contribution in [0.4, 0.5) is 5.00 Å². The first kappa shape index (κ1) is 9.02. The van der Waals surface area contributed by atoms with E-state index in [2.05, 4.69) is 5.32 Å². The summed E-state index contributed by atoms with van der Waals surface area (Å²) in [5.41, 5.74) is 0. The zero-order valence-electron chi connectivity index (χ0n) is 6.23. The maximum Gasteiger partial charge on any atom is 0.328 e. The zero-order chi connectivity index (χ0) is 8.97. The molecule has 0 amide bonds. The molecule has 3 N–H and O–H groups in total. The number of hydrogen-bond acceptors (Lipinski definition) is 4. The van der Waals surface area contributed by atoms with E-state index in [1.807, 2.05) is 11.4 Å². The second-order valence-corrected chi connectivity index (χ2v) is 3.14. The molecule has 12 heavy (non-hydrogen) atoms. The average Bonchev–Trinajstić information content (AvgIpc) is 2.51. The van der Waals surface area contributed by atoms with Crippen LogP contribution in [-0.2, 0) is 4.79 Å². The number of aliphatic hydroxyl groups excluding tert-OH is 1. The van der Waals surface area contributed by atoms with Crippen molar-refractivity contribution in [1.29, 1.82) is 0 Å². The van der Waals surface area contributed by atoms with Crippen molar-refractivity contribution in [2.24, 2.45) is 0 Å². The second-order valence-electron chi connectivity index (χ2n) is 2.20. The van der Waals surface area contributed by atoms with Gasteiger partial charge in [0.25, 0.3) is 0 Å². The molecule has 0 bridgehead atoms. The van der Waals surface area contributed by atoms with Crippen molar-refractivity contribution in [1.82, 2.24) is 0 Å². The van der Waals surface area contributed by atoms with Gasteiger partial charge < -0.3 is 15.5 Å². The summed E-state index contributed by atoms with van der Waals surface area (Å²) in [5, 5.41) is 22.5. The van der Waals surface area contributed by atoms with Gasteiger partial charge in [-0.1, -0.05) is 0 Å². The maximum absolute atomic E-state index is 10.4. The van der Waals surface area contributed by atoms with Crippen LogP contribution in [0.25, 0.3) is 0 Å². The molecule has 1 rings (SSSR count). The smallest absolute Gasteiger partial charge is 0.328 e. The van der Waals surface area contributed by atoms with Gasteiger partial charge in [0.2, 0.25) is 0 Å². The van der Waals surface area contributed by atoms with Crippen LogP contribution < -0.4 is 5.32 Å². The minimum Gasteiger partial charge on any atom is -0.480 e. The molecular formula is C7H9NO3S. The highest BCUT2D eigenvalue weighted by molar-refractivity contribution is 7.14. The van der Waals surface area contributed by atoms with E-state index in [1.165, 1.54) is 11.3 Å². The van der Waals surface area contributed by atoms with Gasteiger partial charge >= 0.3 is 5.97 Å². The van der Waals surface area contributed by atoms with Gasteiger partial charge in [0.1, 0.15) is 6.04 Å². The summed E-state index contributed by atoms with van der Waals surface area (Å²) in [7, 11) is 0. The summed E-state index contributed by atoms with van der Waals surface area (Å²) in [4.78, 5) is 10.4. The number of hydrogen-bond donors (Lipinski definition) is 3. The lowest BCUT2D eigenvalue weighted by atomic mass is 10.3. The Hall–Kier alpha value is -1.07. The fraction of sp³-hybridized carbons (Fsp3) is 0.286. The largest absolute Gasteiger partial charge is 0.480 e. The predicted octanol–water partition coefficient (Wildman–Crippen LogP) is 0.605. The van der Waals surface area contributed by atoms with Crippen LogP contribution in [0.1, 0.15) is 0 Å². The standard InChI is InChI=1S/C7H9NO3S/c9-4-5(7(10)11)8-6-2-1-3-12-6/h1-3,5,8-9H,4H2,(H,10,11). The fourth-order valence-electron chi connectivity index (χ4n) is 0.718. The molecule has 1 unspecified atom stereocenters. The summed E-state index contributed by atoms with van der Waals surface area (Å²) in [5.74, 6) is -1.05. The minimum absolute atomic E-state index is 0.409. The van der Waals surface area contributed by atoms with E-state index in [1.54, 1.807) is 6.07 Å². The number of carbonyl (C=O) groups is 1. The Morgan fingerprint density at radius 3 is 2.92 bits per heavy atom. The molecule has 0 aliphatic heterocycles.